The molecule has 1 aromatic carbocycles. The maximum atomic E-state index is 12.0. The smallest absolute Gasteiger partial charge is 0.172 e. The molecule has 0 saturated heterocycles. The molecular formula is C12H12IN3O. The first kappa shape index (κ1) is 12.1. The van der Waals surface area contributed by atoms with E-state index in [1.165, 1.54) is 10.9 Å². The van der Waals surface area contributed by atoms with Crippen molar-refractivity contribution in [3.63, 3.8) is 0 Å². The summed E-state index contributed by atoms with van der Waals surface area (Å²) in [7, 11) is 1.72. The summed E-state index contributed by atoms with van der Waals surface area (Å²) in [6.45, 7) is 0. The predicted molar refractivity (Wildman–Crippen MR) is 74.8 cm³/mol. The molecule has 0 radical (unpaired) electrons. The number of aryl methyl sites for hydroxylation is 1. The first-order valence-electron chi connectivity index (χ1n) is 5.13. The third-order valence-electron chi connectivity index (χ3n) is 2.56. The molecule has 0 unspecified atom stereocenters. The van der Waals surface area contributed by atoms with Crippen LogP contribution in [-0.4, -0.2) is 15.6 Å². The molecule has 0 atom stereocenters. The van der Waals surface area contributed by atoms with E-state index in [1.54, 1.807) is 7.05 Å². The fourth-order valence-corrected chi connectivity index (χ4v) is 1.90. The summed E-state index contributed by atoms with van der Waals surface area (Å²) < 4.78 is 2.65. The number of hydrogen-bond acceptors (Lipinski definition) is 3. The molecule has 5 heteroatoms. The van der Waals surface area contributed by atoms with Crippen LogP contribution in [0.2, 0.25) is 0 Å². The molecule has 2 N–H and O–H groups in total. The normalized spacial score (nSPS) is 10.5. The van der Waals surface area contributed by atoms with E-state index in [4.69, 9.17) is 5.73 Å². The van der Waals surface area contributed by atoms with Gasteiger partial charge in [-0.15, -0.1) is 0 Å². The SMILES string of the molecule is Cn1ncc(C(=O)Cc2ccc(I)cc2)c1N. The summed E-state index contributed by atoms with van der Waals surface area (Å²) in [5, 5.41) is 3.96. The molecule has 17 heavy (non-hydrogen) atoms. The standard InChI is InChI=1S/C12H12IN3O/c1-16-12(14)10(7-15-16)11(17)6-8-2-4-9(13)5-3-8/h2-5,7H,6,14H2,1H3. The maximum absolute atomic E-state index is 12.0. The van der Waals surface area contributed by atoms with E-state index in [9.17, 15) is 4.79 Å². The van der Waals surface area contributed by atoms with Gasteiger partial charge in [0.25, 0.3) is 0 Å². The molecule has 0 aliphatic carbocycles. The fraction of sp³-hybridized carbons (Fsp3) is 0.167. The second-order valence-corrected chi connectivity index (χ2v) is 5.04. The predicted octanol–water partition coefficient (Wildman–Crippen LogP) is 2.03. The Morgan fingerprint density at radius 1 is 1.41 bits per heavy atom. The van der Waals surface area contributed by atoms with Gasteiger partial charge in [-0.05, 0) is 40.3 Å². The maximum Gasteiger partial charge on any atom is 0.172 e. The van der Waals surface area contributed by atoms with Crippen molar-refractivity contribution in [1.82, 2.24) is 9.78 Å². The van der Waals surface area contributed by atoms with Crippen LogP contribution >= 0.6 is 22.6 Å². The lowest BCUT2D eigenvalue weighted by Crippen LogP contribution is -2.07. The topological polar surface area (TPSA) is 60.9 Å². The molecule has 0 spiro atoms. The molecule has 0 fully saturated rings. The van der Waals surface area contributed by atoms with Gasteiger partial charge in [-0.1, -0.05) is 12.1 Å². The number of Topliss-reactive ketones (excluding diaryl/α,β-unsaturated/α-hetero) is 1. The Kier molecular flexibility index (Phi) is 3.46. The highest BCUT2D eigenvalue weighted by molar-refractivity contribution is 14.1. The average Bonchev–Trinajstić information content (AvgIpc) is 2.63. The van der Waals surface area contributed by atoms with Crippen LogP contribution in [0.25, 0.3) is 0 Å². The number of anilines is 1. The summed E-state index contributed by atoms with van der Waals surface area (Å²) >= 11 is 2.23. The summed E-state index contributed by atoms with van der Waals surface area (Å²) in [6.07, 6.45) is 1.87. The average molecular weight is 341 g/mol. The zero-order valence-electron chi connectivity index (χ0n) is 9.35. The minimum absolute atomic E-state index is 0.00296. The summed E-state index contributed by atoms with van der Waals surface area (Å²) in [6, 6.07) is 7.87. The summed E-state index contributed by atoms with van der Waals surface area (Å²) in [5.74, 6) is 0.414. The van der Waals surface area contributed by atoms with Crippen LogP contribution in [0.5, 0.6) is 0 Å². The second kappa shape index (κ2) is 4.87. The van der Waals surface area contributed by atoms with Crippen LogP contribution in [0.3, 0.4) is 0 Å². The van der Waals surface area contributed by atoms with E-state index in [0.717, 1.165) is 9.13 Å². The van der Waals surface area contributed by atoms with Crippen molar-refractivity contribution in [3.8, 4) is 0 Å². The highest BCUT2D eigenvalue weighted by Gasteiger charge is 2.13. The Labute approximate surface area is 113 Å². The van der Waals surface area contributed by atoms with Gasteiger partial charge in [0.05, 0.1) is 11.8 Å². The van der Waals surface area contributed by atoms with Gasteiger partial charge >= 0.3 is 0 Å². The van der Waals surface area contributed by atoms with E-state index in [1.807, 2.05) is 24.3 Å². The molecule has 88 valence electrons. The zero-order valence-corrected chi connectivity index (χ0v) is 11.5. The van der Waals surface area contributed by atoms with Crippen molar-refractivity contribution in [3.05, 3.63) is 45.2 Å². The lowest BCUT2D eigenvalue weighted by atomic mass is 10.1. The quantitative estimate of drug-likeness (QED) is 0.687. The minimum atomic E-state index is -0.00296. The molecule has 0 amide bonds. The lowest BCUT2D eigenvalue weighted by molar-refractivity contribution is 0.0994. The van der Waals surface area contributed by atoms with Gasteiger partial charge < -0.3 is 5.73 Å². The van der Waals surface area contributed by atoms with Crippen LogP contribution in [-0.2, 0) is 13.5 Å². The number of nitrogens with two attached hydrogens (primary N) is 1. The Balaban J connectivity index is 2.17. The number of rotatable bonds is 3. The molecule has 0 bridgehead atoms. The molecule has 2 aromatic rings. The van der Waals surface area contributed by atoms with Crippen molar-refractivity contribution < 1.29 is 4.79 Å². The van der Waals surface area contributed by atoms with E-state index in [2.05, 4.69) is 27.7 Å². The second-order valence-electron chi connectivity index (χ2n) is 3.79. The van der Waals surface area contributed by atoms with Crippen LogP contribution < -0.4 is 5.73 Å². The third-order valence-corrected chi connectivity index (χ3v) is 3.28. The summed E-state index contributed by atoms with van der Waals surface area (Å²) in [4.78, 5) is 12.0. The molecular weight excluding hydrogens is 329 g/mol. The third kappa shape index (κ3) is 2.66. The van der Waals surface area contributed by atoms with Crippen LogP contribution in [0.4, 0.5) is 5.82 Å². The van der Waals surface area contributed by atoms with Crippen LogP contribution in [0.1, 0.15) is 15.9 Å². The molecule has 0 aliphatic rings. The Morgan fingerprint density at radius 2 is 2.06 bits per heavy atom. The van der Waals surface area contributed by atoms with Crippen molar-refractivity contribution in [1.29, 1.82) is 0 Å². The molecule has 0 saturated carbocycles. The Morgan fingerprint density at radius 3 is 2.59 bits per heavy atom. The number of nitrogen functional groups attached to an aromatic ring is 1. The number of hydrogen-bond donors (Lipinski definition) is 1. The lowest BCUT2D eigenvalue weighted by Gasteiger charge is -2.01. The van der Waals surface area contributed by atoms with Gasteiger partial charge in [0.15, 0.2) is 5.78 Å². The molecule has 4 nitrogen and oxygen atoms in total. The first-order valence-corrected chi connectivity index (χ1v) is 6.21. The van der Waals surface area contributed by atoms with Gasteiger partial charge in [-0.3, -0.25) is 9.48 Å². The Bertz CT molecular complexity index is 545. The monoisotopic (exact) mass is 341 g/mol. The number of carbonyl (C=O) groups excluding carboxylic acids is 1. The number of carbonyl (C=O) groups is 1. The van der Waals surface area contributed by atoms with E-state index in [-0.39, 0.29) is 5.78 Å². The Hall–Kier alpha value is -1.37. The van der Waals surface area contributed by atoms with Gasteiger partial charge in [0, 0.05) is 17.0 Å². The van der Waals surface area contributed by atoms with Gasteiger partial charge in [0.2, 0.25) is 0 Å². The van der Waals surface area contributed by atoms with Gasteiger partial charge in [0.1, 0.15) is 5.82 Å². The zero-order chi connectivity index (χ0) is 12.4. The molecule has 1 aromatic heterocycles. The number of aromatic nitrogens is 2. The molecule has 2 rings (SSSR count). The molecule has 0 aliphatic heterocycles. The number of ketones is 1. The highest BCUT2D eigenvalue weighted by Crippen LogP contribution is 2.14. The largest absolute Gasteiger partial charge is 0.383 e. The molecule has 1 heterocycles. The number of halogens is 1. The van der Waals surface area contributed by atoms with E-state index in [0.29, 0.717) is 17.8 Å². The fourth-order valence-electron chi connectivity index (χ4n) is 1.54. The van der Waals surface area contributed by atoms with E-state index >= 15 is 0 Å². The number of benzene rings is 1. The summed E-state index contributed by atoms with van der Waals surface area (Å²) in [5.41, 5.74) is 7.24. The highest BCUT2D eigenvalue weighted by atomic mass is 127. The van der Waals surface area contributed by atoms with Crippen molar-refractivity contribution >= 4 is 34.2 Å². The van der Waals surface area contributed by atoms with Crippen molar-refractivity contribution in [2.75, 3.05) is 5.73 Å². The van der Waals surface area contributed by atoms with Crippen molar-refractivity contribution in [2.24, 2.45) is 7.05 Å². The van der Waals surface area contributed by atoms with Gasteiger partial charge in [-0.25, -0.2) is 0 Å². The van der Waals surface area contributed by atoms with Gasteiger partial charge in [-0.2, -0.15) is 5.10 Å². The van der Waals surface area contributed by atoms with Crippen LogP contribution in [0.15, 0.2) is 30.5 Å². The van der Waals surface area contributed by atoms with E-state index < -0.39 is 0 Å². The van der Waals surface area contributed by atoms with Crippen LogP contribution in [0, 0.1) is 3.57 Å². The van der Waals surface area contributed by atoms with Crippen molar-refractivity contribution in [2.45, 2.75) is 6.42 Å². The number of nitrogens with zero attached hydrogens (tertiary/aromatic N) is 2. The first-order chi connectivity index (χ1) is 8.08. The minimum Gasteiger partial charge on any atom is -0.383 e.